The van der Waals surface area contributed by atoms with Gasteiger partial charge in [-0.15, -0.1) is 0 Å². The normalized spacial score (nSPS) is 21.5. The second kappa shape index (κ2) is 6.19. The van der Waals surface area contributed by atoms with Crippen LogP contribution in [0.2, 0.25) is 0 Å². The van der Waals surface area contributed by atoms with Crippen LogP contribution in [0.4, 0.5) is 0 Å². The molecule has 1 aromatic rings. The highest BCUT2D eigenvalue weighted by atomic mass is 16.5. The van der Waals surface area contributed by atoms with E-state index in [-0.39, 0.29) is 12.0 Å². The standard InChI is InChI=1S/C14H23N3O2/c1-4-11(2)17-9-7-12(15-17)10-16-8-5-6-13(16)14(18)19-3/h7,9,11,13H,4-6,8,10H2,1-3H3. The predicted molar refractivity (Wildman–Crippen MR) is 72.7 cm³/mol. The number of hydrogen-bond donors (Lipinski definition) is 0. The van der Waals surface area contributed by atoms with Crippen LogP contribution in [0.3, 0.4) is 0 Å². The average molecular weight is 265 g/mol. The van der Waals surface area contributed by atoms with E-state index < -0.39 is 0 Å². The smallest absolute Gasteiger partial charge is 0.323 e. The van der Waals surface area contributed by atoms with Crippen LogP contribution in [-0.2, 0) is 16.1 Å². The molecule has 1 aliphatic rings. The Balaban J connectivity index is 2.00. The lowest BCUT2D eigenvalue weighted by Gasteiger charge is -2.21. The van der Waals surface area contributed by atoms with Crippen LogP contribution in [0.5, 0.6) is 0 Å². The summed E-state index contributed by atoms with van der Waals surface area (Å²) < 4.78 is 6.86. The summed E-state index contributed by atoms with van der Waals surface area (Å²) in [5.74, 6) is -0.126. The fourth-order valence-corrected chi connectivity index (χ4v) is 2.52. The van der Waals surface area contributed by atoms with Crippen molar-refractivity contribution in [1.82, 2.24) is 14.7 Å². The van der Waals surface area contributed by atoms with E-state index in [2.05, 4.69) is 23.8 Å². The van der Waals surface area contributed by atoms with Gasteiger partial charge in [-0.2, -0.15) is 5.10 Å². The molecule has 2 atom stereocenters. The van der Waals surface area contributed by atoms with Crippen molar-refractivity contribution < 1.29 is 9.53 Å². The van der Waals surface area contributed by atoms with Gasteiger partial charge in [-0.3, -0.25) is 14.4 Å². The van der Waals surface area contributed by atoms with Crippen LogP contribution in [-0.4, -0.2) is 40.3 Å². The summed E-state index contributed by atoms with van der Waals surface area (Å²) >= 11 is 0. The molecule has 1 aliphatic heterocycles. The molecular weight excluding hydrogens is 242 g/mol. The van der Waals surface area contributed by atoms with Gasteiger partial charge in [0.25, 0.3) is 0 Å². The van der Waals surface area contributed by atoms with E-state index in [0.29, 0.717) is 6.04 Å². The quantitative estimate of drug-likeness (QED) is 0.764. The topological polar surface area (TPSA) is 47.4 Å². The molecule has 106 valence electrons. The van der Waals surface area contributed by atoms with Crippen LogP contribution in [0, 0.1) is 0 Å². The Morgan fingerprint density at radius 1 is 1.63 bits per heavy atom. The van der Waals surface area contributed by atoms with Crippen LogP contribution >= 0.6 is 0 Å². The van der Waals surface area contributed by atoms with Crippen LogP contribution in [0.15, 0.2) is 12.3 Å². The predicted octanol–water partition coefficient (Wildman–Crippen LogP) is 1.99. The fraction of sp³-hybridized carbons (Fsp3) is 0.714. The highest BCUT2D eigenvalue weighted by Crippen LogP contribution is 2.21. The molecular formula is C14H23N3O2. The summed E-state index contributed by atoms with van der Waals surface area (Å²) in [6.45, 7) is 5.98. The van der Waals surface area contributed by atoms with Crippen molar-refractivity contribution in [3.05, 3.63) is 18.0 Å². The summed E-state index contributed by atoms with van der Waals surface area (Å²) in [7, 11) is 1.45. The molecule has 0 spiro atoms. The number of methoxy groups -OCH3 is 1. The van der Waals surface area contributed by atoms with E-state index in [4.69, 9.17) is 4.74 Å². The van der Waals surface area contributed by atoms with Gasteiger partial charge in [0.15, 0.2) is 0 Å². The Morgan fingerprint density at radius 3 is 3.11 bits per heavy atom. The molecule has 19 heavy (non-hydrogen) atoms. The van der Waals surface area contributed by atoms with Gasteiger partial charge in [0.2, 0.25) is 0 Å². The third-order valence-electron chi connectivity index (χ3n) is 3.91. The van der Waals surface area contributed by atoms with Crippen LogP contribution < -0.4 is 0 Å². The zero-order valence-corrected chi connectivity index (χ0v) is 12.0. The molecule has 1 fully saturated rings. The molecule has 0 aliphatic carbocycles. The number of aromatic nitrogens is 2. The van der Waals surface area contributed by atoms with Gasteiger partial charge < -0.3 is 4.74 Å². The lowest BCUT2D eigenvalue weighted by atomic mass is 10.2. The van der Waals surface area contributed by atoms with E-state index in [0.717, 1.165) is 38.0 Å². The molecule has 2 unspecified atom stereocenters. The number of ether oxygens (including phenoxy) is 1. The summed E-state index contributed by atoms with van der Waals surface area (Å²) in [5, 5.41) is 4.59. The number of hydrogen-bond acceptors (Lipinski definition) is 4. The molecule has 1 saturated heterocycles. The number of nitrogens with zero attached hydrogens (tertiary/aromatic N) is 3. The number of likely N-dealkylation sites (tertiary alicyclic amines) is 1. The Kier molecular flexibility index (Phi) is 4.58. The van der Waals surface area contributed by atoms with Gasteiger partial charge in [0.1, 0.15) is 6.04 Å². The second-order valence-electron chi connectivity index (χ2n) is 5.20. The van der Waals surface area contributed by atoms with E-state index in [1.54, 1.807) is 0 Å². The molecule has 0 saturated carbocycles. The summed E-state index contributed by atoms with van der Waals surface area (Å²) in [6.07, 6.45) is 5.02. The zero-order chi connectivity index (χ0) is 13.8. The minimum atomic E-state index is -0.126. The minimum absolute atomic E-state index is 0.0984. The zero-order valence-electron chi connectivity index (χ0n) is 12.0. The first-order valence-electron chi connectivity index (χ1n) is 7.01. The third kappa shape index (κ3) is 3.15. The van der Waals surface area contributed by atoms with Crippen molar-refractivity contribution >= 4 is 5.97 Å². The second-order valence-corrected chi connectivity index (χ2v) is 5.20. The first-order valence-corrected chi connectivity index (χ1v) is 7.01. The van der Waals surface area contributed by atoms with Crippen LogP contribution in [0.25, 0.3) is 0 Å². The van der Waals surface area contributed by atoms with Gasteiger partial charge in [-0.1, -0.05) is 6.92 Å². The Labute approximate surface area is 114 Å². The lowest BCUT2D eigenvalue weighted by Crippen LogP contribution is -2.36. The van der Waals surface area contributed by atoms with Gasteiger partial charge in [0.05, 0.1) is 12.8 Å². The molecule has 2 heterocycles. The Bertz CT molecular complexity index is 430. The average Bonchev–Trinajstić information content (AvgIpc) is 3.06. The third-order valence-corrected chi connectivity index (χ3v) is 3.91. The van der Waals surface area contributed by atoms with E-state index in [9.17, 15) is 4.79 Å². The largest absolute Gasteiger partial charge is 0.468 e. The van der Waals surface area contributed by atoms with Crippen molar-refractivity contribution in [2.45, 2.75) is 51.7 Å². The molecule has 0 aromatic carbocycles. The minimum Gasteiger partial charge on any atom is -0.468 e. The number of rotatable bonds is 5. The number of carbonyl (C=O) groups is 1. The molecule has 2 rings (SSSR count). The first-order chi connectivity index (χ1) is 9.15. The van der Waals surface area contributed by atoms with Crippen LogP contribution in [0.1, 0.15) is 44.8 Å². The SMILES string of the molecule is CCC(C)n1ccc(CN2CCCC2C(=O)OC)n1. The Morgan fingerprint density at radius 2 is 2.42 bits per heavy atom. The Hall–Kier alpha value is -1.36. The number of carbonyl (C=O) groups excluding carboxylic acids is 1. The van der Waals surface area contributed by atoms with Gasteiger partial charge >= 0.3 is 5.97 Å². The molecule has 0 amide bonds. The van der Waals surface area contributed by atoms with Gasteiger partial charge in [0, 0.05) is 18.8 Å². The van der Waals surface area contributed by atoms with Crippen molar-refractivity contribution in [1.29, 1.82) is 0 Å². The van der Waals surface area contributed by atoms with Crippen molar-refractivity contribution in [3.8, 4) is 0 Å². The van der Waals surface area contributed by atoms with Gasteiger partial charge in [-0.25, -0.2) is 0 Å². The summed E-state index contributed by atoms with van der Waals surface area (Å²) in [6, 6.07) is 2.36. The monoisotopic (exact) mass is 265 g/mol. The van der Waals surface area contributed by atoms with Crippen molar-refractivity contribution in [2.24, 2.45) is 0 Å². The molecule has 1 aromatic heterocycles. The molecule has 0 radical (unpaired) electrons. The van der Waals surface area contributed by atoms with E-state index in [1.165, 1.54) is 7.11 Å². The summed E-state index contributed by atoms with van der Waals surface area (Å²) in [4.78, 5) is 13.8. The van der Waals surface area contributed by atoms with Crippen molar-refractivity contribution in [2.75, 3.05) is 13.7 Å². The van der Waals surface area contributed by atoms with E-state index in [1.807, 2.05) is 16.9 Å². The highest BCUT2D eigenvalue weighted by Gasteiger charge is 2.31. The first kappa shape index (κ1) is 14.1. The molecule has 5 heteroatoms. The highest BCUT2D eigenvalue weighted by molar-refractivity contribution is 5.75. The number of esters is 1. The summed E-state index contributed by atoms with van der Waals surface area (Å²) in [5.41, 5.74) is 1.02. The van der Waals surface area contributed by atoms with Crippen molar-refractivity contribution in [3.63, 3.8) is 0 Å². The maximum atomic E-state index is 11.7. The maximum Gasteiger partial charge on any atom is 0.323 e. The fourth-order valence-electron chi connectivity index (χ4n) is 2.52. The van der Waals surface area contributed by atoms with E-state index >= 15 is 0 Å². The lowest BCUT2D eigenvalue weighted by molar-refractivity contribution is -0.146. The molecule has 0 N–H and O–H groups in total. The molecule has 5 nitrogen and oxygen atoms in total. The van der Waals surface area contributed by atoms with Gasteiger partial charge in [-0.05, 0) is 38.8 Å². The molecule has 0 bridgehead atoms. The maximum absolute atomic E-state index is 11.7.